The third kappa shape index (κ3) is 2.04. The van der Waals surface area contributed by atoms with Crippen LogP contribution in [0.4, 0.5) is 0 Å². The van der Waals surface area contributed by atoms with Gasteiger partial charge < -0.3 is 14.2 Å². The summed E-state index contributed by atoms with van der Waals surface area (Å²) in [4.78, 5) is 20.4. The summed E-state index contributed by atoms with van der Waals surface area (Å²) in [6.45, 7) is 0. The number of aromatic amines is 1. The molecule has 0 aliphatic rings. The molecule has 0 fully saturated rings. The van der Waals surface area contributed by atoms with Crippen LogP contribution in [-0.4, -0.2) is 37.8 Å². The Kier molecular flexibility index (Phi) is 3.18. The standard InChI is InChI=1S/C4H4N2O7S2/c7-3-2(14(10)11)1(4(8)9)5-6(3)15(12)13/h5H,(H,8,9)(H,10,11)(H,12,13)/p-2. The Hall–Kier alpha value is -1.30. The molecule has 11 heteroatoms. The van der Waals surface area contributed by atoms with Gasteiger partial charge in [-0.1, -0.05) is 0 Å². The van der Waals surface area contributed by atoms with E-state index in [2.05, 4.69) is 0 Å². The summed E-state index contributed by atoms with van der Waals surface area (Å²) in [7, 11) is 0. The molecule has 1 aromatic heterocycles. The zero-order valence-electron chi connectivity index (χ0n) is 6.66. The number of carboxylic acids is 1. The van der Waals surface area contributed by atoms with Crippen LogP contribution in [0, 0.1) is 0 Å². The van der Waals surface area contributed by atoms with Crippen LogP contribution in [0.1, 0.15) is 10.5 Å². The number of carbonyl (C=O) groups is 1. The lowest BCUT2D eigenvalue weighted by molar-refractivity contribution is 0.0686. The molecule has 2 N–H and O–H groups in total. The van der Waals surface area contributed by atoms with Crippen molar-refractivity contribution in [1.29, 1.82) is 0 Å². The number of aromatic carboxylic acids is 1. The van der Waals surface area contributed by atoms with Crippen LogP contribution in [-0.2, 0) is 22.3 Å². The van der Waals surface area contributed by atoms with Crippen molar-refractivity contribution in [1.82, 2.24) is 9.19 Å². The average Bonchev–Trinajstić information content (AvgIpc) is 2.42. The molecule has 0 radical (unpaired) electrons. The molecule has 0 aromatic carbocycles. The number of carboxylic acid groups (broad SMARTS) is 1. The maximum absolute atomic E-state index is 11.1. The second-order valence-corrected chi connectivity index (χ2v) is 3.85. The van der Waals surface area contributed by atoms with E-state index in [-0.39, 0.29) is 4.09 Å². The van der Waals surface area contributed by atoms with Crippen molar-refractivity contribution < 1.29 is 27.4 Å². The summed E-state index contributed by atoms with van der Waals surface area (Å²) >= 11 is -6.24. The maximum Gasteiger partial charge on any atom is 0.355 e. The molecule has 0 saturated carbocycles. The fraction of sp³-hybridized carbons (Fsp3) is 0. The van der Waals surface area contributed by atoms with Crippen molar-refractivity contribution >= 4 is 28.3 Å². The van der Waals surface area contributed by atoms with Crippen LogP contribution in [0.5, 0.6) is 0 Å². The lowest BCUT2D eigenvalue weighted by atomic mass is 10.4. The summed E-state index contributed by atoms with van der Waals surface area (Å²) in [6.07, 6.45) is 0. The largest absolute Gasteiger partial charge is 0.768 e. The van der Waals surface area contributed by atoms with E-state index in [4.69, 9.17) is 5.11 Å². The van der Waals surface area contributed by atoms with Crippen molar-refractivity contribution in [3.63, 3.8) is 0 Å². The van der Waals surface area contributed by atoms with E-state index >= 15 is 0 Å². The smallest absolute Gasteiger partial charge is 0.355 e. The van der Waals surface area contributed by atoms with E-state index in [0.717, 1.165) is 0 Å². The molecule has 0 aliphatic carbocycles. The molecule has 1 heterocycles. The van der Waals surface area contributed by atoms with Gasteiger partial charge in [0.1, 0.15) is 4.90 Å². The van der Waals surface area contributed by atoms with E-state index in [1.54, 1.807) is 5.10 Å². The van der Waals surface area contributed by atoms with Crippen LogP contribution in [0.25, 0.3) is 0 Å². The highest BCUT2D eigenvalue weighted by Gasteiger charge is 2.20. The molecule has 0 aliphatic heterocycles. The molecule has 9 nitrogen and oxygen atoms in total. The molecule has 0 bridgehead atoms. The number of hydrogen-bond donors (Lipinski definition) is 2. The fourth-order valence-corrected chi connectivity index (χ4v) is 1.79. The quantitative estimate of drug-likeness (QED) is 0.577. The number of aromatic nitrogens is 2. The first-order valence-electron chi connectivity index (χ1n) is 3.13. The summed E-state index contributed by atoms with van der Waals surface area (Å²) < 4.78 is 41.6. The van der Waals surface area contributed by atoms with Gasteiger partial charge >= 0.3 is 5.97 Å². The lowest BCUT2D eigenvalue weighted by Crippen LogP contribution is -2.22. The molecule has 2 atom stereocenters. The molecule has 0 amide bonds. The number of hydrogen-bond acceptors (Lipinski definition) is 6. The van der Waals surface area contributed by atoms with Crippen LogP contribution < -0.4 is 5.56 Å². The fourth-order valence-electron chi connectivity index (χ4n) is 0.807. The van der Waals surface area contributed by atoms with Gasteiger partial charge in [-0.2, -0.15) is 4.09 Å². The molecule has 0 spiro atoms. The monoisotopic (exact) mass is 254 g/mol. The molecular formula is C4H2N2O7S2-2. The van der Waals surface area contributed by atoms with Gasteiger partial charge in [-0.15, -0.1) is 0 Å². The van der Waals surface area contributed by atoms with Crippen LogP contribution in [0.3, 0.4) is 0 Å². The molecule has 84 valence electrons. The highest BCUT2D eigenvalue weighted by Crippen LogP contribution is 2.05. The SMILES string of the molecule is O=C(O)c1[nH]n(S(=O)[O-])c(=O)c1S(=O)[O-]. The molecule has 15 heavy (non-hydrogen) atoms. The van der Waals surface area contributed by atoms with Crippen molar-refractivity contribution in [2.24, 2.45) is 0 Å². The topological polar surface area (TPSA) is 155 Å². The third-order valence-corrected chi connectivity index (χ3v) is 2.62. The van der Waals surface area contributed by atoms with Crippen molar-refractivity contribution in [2.45, 2.75) is 4.90 Å². The molecule has 1 rings (SSSR count). The number of nitrogens with zero attached hydrogens (tertiary/aromatic N) is 1. The minimum atomic E-state index is -3.14. The van der Waals surface area contributed by atoms with Gasteiger partial charge in [0.05, 0.1) is 11.3 Å². The Morgan fingerprint density at radius 1 is 1.40 bits per heavy atom. The molecule has 0 saturated heterocycles. The Labute approximate surface area is 86.4 Å². The maximum atomic E-state index is 11.1. The van der Waals surface area contributed by atoms with Crippen molar-refractivity contribution in [3.8, 4) is 0 Å². The average molecular weight is 254 g/mol. The van der Waals surface area contributed by atoms with Gasteiger partial charge in [-0.05, 0) is 11.1 Å². The lowest BCUT2D eigenvalue weighted by Gasteiger charge is -2.02. The van der Waals surface area contributed by atoms with Gasteiger partial charge in [0, 0.05) is 0 Å². The Morgan fingerprint density at radius 2 is 1.93 bits per heavy atom. The second kappa shape index (κ2) is 4.06. The van der Waals surface area contributed by atoms with Crippen LogP contribution in [0.2, 0.25) is 0 Å². The first-order valence-corrected chi connectivity index (χ1v) is 5.24. The van der Waals surface area contributed by atoms with Crippen molar-refractivity contribution in [3.05, 3.63) is 16.0 Å². The first-order chi connectivity index (χ1) is 6.86. The Morgan fingerprint density at radius 3 is 2.20 bits per heavy atom. The summed E-state index contributed by atoms with van der Waals surface area (Å²) in [6, 6.07) is 0. The van der Waals surface area contributed by atoms with E-state index in [1.165, 1.54) is 0 Å². The minimum absolute atomic E-state index is 0.130. The van der Waals surface area contributed by atoms with Gasteiger partial charge in [-0.25, -0.2) is 4.79 Å². The molecule has 2 unspecified atom stereocenters. The number of rotatable bonds is 3. The van der Waals surface area contributed by atoms with E-state index in [0.29, 0.717) is 0 Å². The zero-order chi connectivity index (χ0) is 11.7. The van der Waals surface area contributed by atoms with Gasteiger partial charge in [-0.3, -0.25) is 18.3 Å². The van der Waals surface area contributed by atoms with E-state index in [9.17, 15) is 27.1 Å². The Balaban J connectivity index is 3.61. The number of H-pyrrole nitrogens is 1. The normalized spacial score (nSPS) is 14.8. The number of nitrogens with one attached hydrogen (secondary N) is 1. The molecular weight excluding hydrogens is 252 g/mol. The summed E-state index contributed by atoms with van der Waals surface area (Å²) in [5.74, 6) is -1.75. The third-order valence-electron chi connectivity index (χ3n) is 1.35. The Bertz CT molecular complexity index is 514. The van der Waals surface area contributed by atoms with Gasteiger partial charge in [0.2, 0.25) is 0 Å². The minimum Gasteiger partial charge on any atom is -0.768 e. The van der Waals surface area contributed by atoms with Gasteiger partial charge in [0.25, 0.3) is 5.56 Å². The molecule has 1 aromatic rings. The summed E-state index contributed by atoms with van der Waals surface area (Å²) in [5.41, 5.74) is -2.47. The predicted molar refractivity (Wildman–Crippen MR) is 43.5 cm³/mol. The predicted octanol–water partition coefficient (Wildman–Crippen LogP) is -2.25. The van der Waals surface area contributed by atoms with Gasteiger partial charge in [0.15, 0.2) is 5.69 Å². The van der Waals surface area contributed by atoms with E-state index in [1.807, 2.05) is 0 Å². The van der Waals surface area contributed by atoms with Crippen LogP contribution in [0.15, 0.2) is 9.69 Å². The first kappa shape index (κ1) is 11.8. The highest BCUT2D eigenvalue weighted by atomic mass is 32.2. The van der Waals surface area contributed by atoms with E-state index < -0.39 is 44.5 Å². The second-order valence-electron chi connectivity index (χ2n) is 2.17. The van der Waals surface area contributed by atoms with Crippen molar-refractivity contribution in [2.75, 3.05) is 0 Å². The zero-order valence-corrected chi connectivity index (χ0v) is 8.29. The summed E-state index contributed by atoms with van der Waals surface area (Å²) in [5, 5.41) is 10.1. The highest BCUT2D eigenvalue weighted by molar-refractivity contribution is 7.79. The van der Waals surface area contributed by atoms with Crippen LogP contribution >= 0.6 is 0 Å².